The van der Waals surface area contributed by atoms with E-state index < -0.39 is 0 Å². The molecule has 4 heteroatoms. The Morgan fingerprint density at radius 1 is 1.37 bits per heavy atom. The van der Waals surface area contributed by atoms with Gasteiger partial charge in [0.05, 0.1) is 10.2 Å². The minimum Gasteiger partial charge on any atom is -0.361 e. The first-order valence-corrected chi connectivity index (χ1v) is 8.01. The van der Waals surface area contributed by atoms with Gasteiger partial charge in [-0.15, -0.1) is 0 Å². The minimum atomic E-state index is 0.791. The lowest BCUT2D eigenvalue weighted by Crippen LogP contribution is -2.31. The summed E-state index contributed by atoms with van der Waals surface area (Å²) in [7, 11) is 0. The second-order valence-electron chi connectivity index (χ2n) is 5.25. The third-order valence-corrected chi connectivity index (χ3v) is 4.84. The number of hydrogen-bond donors (Lipinski definition) is 2. The van der Waals surface area contributed by atoms with E-state index in [9.17, 15) is 0 Å². The van der Waals surface area contributed by atoms with Crippen LogP contribution in [0.4, 0.5) is 5.13 Å². The van der Waals surface area contributed by atoms with Crippen LogP contribution in [0.25, 0.3) is 10.2 Å². The molecule has 0 saturated carbocycles. The molecule has 1 aliphatic heterocycles. The molecule has 1 saturated heterocycles. The summed E-state index contributed by atoms with van der Waals surface area (Å²) in [5, 5.41) is 8.00. The van der Waals surface area contributed by atoms with Gasteiger partial charge in [-0.1, -0.05) is 24.3 Å². The summed E-state index contributed by atoms with van der Waals surface area (Å²) >= 11 is 1.78. The van der Waals surface area contributed by atoms with E-state index >= 15 is 0 Å². The number of aromatic nitrogens is 1. The van der Waals surface area contributed by atoms with Crippen LogP contribution >= 0.6 is 11.3 Å². The monoisotopic (exact) mass is 275 g/mol. The van der Waals surface area contributed by atoms with Gasteiger partial charge in [-0.25, -0.2) is 4.98 Å². The van der Waals surface area contributed by atoms with Gasteiger partial charge in [-0.2, -0.15) is 0 Å². The molecule has 102 valence electrons. The van der Waals surface area contributed by atoms with Crippen molar-refractivity contribution in [3.05, 3.63) is 23.8 Å². The molecule has 0 atom stereocenters. The van der Waals surface area contributed by atoms with Gasteiger partial charge in [0.25, 0.3) is 0 Å². The Labute approximate surface area is 118 Å². The molecule has 0 radical (unpaired) electrons. The number of fused-ring (bicyclic) bond motifs is 1. The minimum absolute atomic E-state index is 0.791. The molecular weight excluding hydrogens is 254 g/mol. The fourth-order valence-electron chi connectivity index (χ4n) is 2.58. The first kappa shape index (κ1) is 12.9. The maximum atomic E-state index is 4.66. The Hall–Kier alpha value is -1.13. The van der Waals surface area contributed by atoms with Crippen LogP contribution in [0.2, 0.25) is 0 Å². The Bertz CT molecular complexity index is 543. The van der Waals surface area contributed by atoms with E-state index in [1.54, 1.807) is 11.3 Å². The number of anilines is 1. The molecule has 2 heterocycles. The average molecular weight is 275 g/mol. The Morgan fingerprint density at radius 3 is 3.00 bits per heavy atom. The Morgan fingerprint density at radius 2 is 2.21 bits per heavy atom. The number of thiazole rings is 1. The molecule has 0 aliphatic carbocycles. The summed E-state index contributed by atoms with van der Waals surface area (Å²) in [6.45, 7) is 5.57. The third kappa shape index (κ3) is 3.07. The van der Waals surface area contributed by atoms with Gasteiger partial charge in [-0.3, -0.25) is 0 Å². The summed E-state index contributed by atoms with van der Waals surface area (Å²) in [6.07, 6.45) is 3.64. The highest BCUT2D eigenvalue weighted by Crippen LogP contribution is 2.27. The summed E-state index contributed by atoms with van der Waals surface area (Å²) in [4.78, 5) is 4.66. The molecule has 2 aromatic rings. The van der Waals surface area contributed by atoms with Crippen molar-refractivity contribution in [2.45, 2.75) is 26.2 Å². The zero-order chi connectivity index (χ0) is 13.1. The molecule has 0 unspecified atom stereocenters. The maximum absolute atomic E-state index is 4.66. The van der Waals surface area contributed by atoms with Crippen molar-refractivity contribution in [2.75, 3.05) is 25.0 Å². The molecule has 1 aromatic heterocycles. The second kappa shape index (κ2) is 5.88. The number of rotatable bonds is 4. The molecular formula is C15H21N3S. The van der Waals surface area contributed by atoms with E-state index in [4.69, 9.17) is 0 Å². The number of hydrogen-bond acceptors (Lipinski definition) is 4. The highest BCUT2D eigenvalue weighted by atomic mass is 32.1. The predicted octanol–water partition coefficient (Wildman–Crippen LogP) is 3.27. The zero-order valence-electron chi connectivity index (χ0n) is 11.4. The van der Waals surface area contributed by atoms with Gasteiger partial charge in [0.1, 0.15) is 0 Å². The predicted molar refractivity (Wildman–Crippen MR) is 83.1 cm³/mol. The number of aryl methyl sites for hydroxylation is 1. The smallest absolute Gasteiger partial charge is 0.183 e. The average Bonchev–Trinajstić information content (AvgIpc) is 2.88. The molecule has 0 amide bonds. The van der Waals surface area contributed by atoms with E-state index in [1.165, 1.54) is 23.1 Å². The van der Waals surface area contributed by atoms with E-state index in [0.29, 0.717) is 0 Å². The molecule has 3 rings (SSSR count). The first-order valence-electron chi connectivity index (χ1n) is 7.19. The van der Waals surface area contributed by atoms with Crippen LogP contribution < -0.4 is 10.6 Å². The van der Waals surface area contributed by atoms with E-state index in [2.05, 4.69) is 40.7 Å². The first-order chi connectivity index (χ1) is 9.35. The Balaban J connectivity index is 1.67. The standard InChI is InChI=1S/C15H21N3S/c1-2-11-3-4-13-14(9-11)19-15(18-13)17-10-12-5-7-16-8-6-12/h3-4,9,12,16H,2,5-8,10H2,1H3,(H,17,18). The summed E-state index contributed by atoms with van der Waals surface area (Å²) < 4.78 is 1.30. The van der Waals surface area contributed by atoms with Crippen LogP contribution in [0, 0.1) is 5.92 Å². The number of nitrogens with zero attached hydrogens (tertiary/aromatic N) is 1. The van der Waals surface area contributed by atoms with Gasteiger partial charge < -0.3 is 10.6 Å². The largest absolute Gasteiger partial charge is 0.361 e. The van der Waals surface area contributed by atoms with Gasteiger partial charge >= 0.3 is 0 Å². The SMILES string of the molecule is CCc1ccc2nc(NCC3CCNCC3)sc2c1. The fraction of sp³-hybridized carbons (Fsp3) is 0.533. The van der Waals surface area contributed by atoms with Crippen molar-refractivity contribution >= 4 is 26.7 Å². The molecule has 0 bridgehead atoms. The van der Waals surface area contributed by atoms with Crippen LogP contribution in [0.15, 0.2) is 18.2 Å². The van der Waals surface area contributed by atoms with Crippen molar-refractivity contribution < 1.29 is 0 Å². The molecule has 3 nitrogen and oxygen atoms in total. The topological polar surface area (TPSA) is 37.0 Å². The van der Waals surface area contributed by atoms with Crippen LogP contribution in [0.1, 0.15) is 25.3 Å². The van der Waals surface area contributed by atoms with Crippen molar-refractivity contribution in [3.8, 4) is 0 Å². The number of piperidine rings is 1. The molecule has 1 aliphatic rings. The Kier molecular flexibility index (Phi) is 3.99. The van der Waals surface area contributed by atoms with Gasteiger partial charge in [0, 0.05) is 6.54 Å². The second-order valence-corrected chi connectivity index (χ2v) is 6.28. The lowest BCUT2D eigenvalue weighted by atomic mass is 9.98. The molecule has 19 heavy (non-hydrogen) atoms. The lowest BCUT2D eigenvalue weighted by Gasteiger charge is -2.22. The summed E-state index contributed by atoms with van der Waals surface area (Å²) in [5.41, 5.74) is 2.51. The lowest BCUT2D eigenvalue weighted by molar-refractivity contribution is 0.390. The molecule has 0 spiro atoms. The molecule has 1 fully saturated rings. The fourth-order valence-corrected chi connectivity index (χ4v) is 3.52. The van der Waals surface area contributed by atoms with Gasteiger partial charge in [0.2, 0.25) is 0 Å². The van der Waals surface area contributed by atoms with E-state index in [0.717, 1.165) is 42.6 Å². The van der Waals surface area contributed by atoms with Crippen LogP contribution in [-0.4, -0.2) is 24.6 Å². The van der Waals surface area contributed by atoms with Crippen molar-refractivity contribution in [3.63, 3.8) is 0 Å². The molecule has 2 N–H and O–H groups in total. The molecule has 1 aromatic carbocycles. The van der Waals surface area contributed by atoms with Crippen LogP contribution in [0.5, 0.6) is 0 Å². The maximum Gasteiger partial charge on any atom is 0.183 e. The van der Waals surface area contributed by atoms with Gasteiger partial charge in [-0.05, 0) is 56.0 Å². The van der Waals surface area contributed by atoms with Crippen molar-refractivity contribution in [1.29, 1.82) is 0 Å². The quantitative estimate of drug-likeness (QED) is 0.899. The van der Waals surface area contributed by atoms with Crippen molar-refractivity contribution in [1.82, 2.24) is 10.3 Å². The number of benzene rings is 1. The van der Waals surface area contributed by atoms with Crippen LogP contribution in [0.3, 0.4) is 0 Å². The highest BCUT2D eigenvalue weighted by Gasteiger charge is 2.13. The van der Waals surface area contributed by atoms with Crippen molar-refractivity contribution in [2.24, 2.45) is 5.92 Å². The van der Waals surface area contributed by atoms with E-state index in [1.807, 2.05) is 0 Å². The summed E-state index contributed by atoms with van der Waals surface area (Å²) in [6, 6.07) is 6.59. The summed E-state index contributed by atoms with van der Waals surface area (Å²) in [5.74, 6) is 0.791. The highest BCUT2D eigenvalue weighted by molar-refractivity contribution is 7.22. The van der Waals surface area contributed by atoms with Gasteiger partial charge in [0.15, 0.2) is 5.13 Å². The van der Waals surface area contributed by atoms with E-state index in [-0.39, 0.29) is 0 Å². The normalized spacial score (nSPS) is 16.9. The third-order valence-electron chi connectivity index (χ3n) is 3.86. The zero-order valence-corrected chi connectivity index (χ0v) is 12.2. The van der Waals surface area contributed by atoms with Crippen LogP contribution in [-0.2, 0) is 6.42 Å². The number of nitrogens with one attached hydrogen (secondary N) is 2.